The maximum absolute atomic E-state index is 13.6. The van der Waals surface area contributed by atoms with Crippen LogP contribution in [0.1, 0.15) is 99.8 Å². The molecule has 3 heterocycles. The maximum atomic E-state index is 13.6. The number of carbonyl (C=O) groups is 3. The Morgan fingerprint density at radius 2 is 1.38 bits per heavy atom. The summed E-state index contributed by atoms with van der Waals surface area (Å²) in [6.07, 6.45) is -22.3. The first-order chi connectivity index (χ1) is 31.7. The number of carboxylic acid groups (broad SMARTS) is 2. The van der Waals surface area contributed by atoms with Crippen LogP contribution < -0.4 is 0 Å². The Labute approximate surface area is 395 Å². The topological polar surface area (TPSA) is 329 Å². The highest BCUT2D eigenvalue weighted by atomic mass is 16.8. The second kappa shape index (κ2) is 18.4. The minimum Gasteiger partial charge on any atom is -0.481 e. The van der Waals surface area contributed by atoms with Crippen LogP contribution in [0.5, 0.6) is 0 Å². The lowest BCUT2D eigenvalue weighted by molar-refractivity contribution is -0.393. The number of allylic oxidation sites excluding steroid dienone is 2. The van der Waals surface area contributed by atoms with Crippen LogP contribution in [-0.4, -0.2) is 185 Å². The minimum atomic E-state index is -2.15. The first-order valence-corrected chi connectivity index (χ1v) is 24.3. The molecule has 11 N–H and O–H groups in total. The lowest BCUT2D eigenvalue weighted by atomic mass is 9.33. The van der Waals surface area contributed by atoms with Crippen molar-refractivity contribution in [2.45, 2.75) is 204 Å². The van der Waals surface area contributed by atoms with Gasteiger partial charge in [0.15, 0.2) is 25.0 Å². The molecule has 0 aromatic rings. The van der Waals surface area contributed by atoms with Crippen molar-refractivity contribution in [3.05, 3.63) is 11.6 Å². The van der Waals surface area contributed by atoms with E-state index >= 15 is 0 Å². The van der Waals surface area contributed by atoms with Gasteiger partial charge in [0.05, 0.1) is 24.9 Å². The van der Waals surface area contributed by atoms with E-state index in [1.54, 1.807) is 0 Å². The molecule has 0 spiro atoms. The summed E-state index contributed by atoms with van der Waals surface area (Å²) in [6.45, 7) is 13.5. The smallest absolute Gasteiger partial charge is 0.335 e. The summed E-state index contributed by atoms with van der Waals surface area (Å²) in [4.78, 5) is 39.6. The molecular formula is C48H74O20. The van der Waals surface area contributed by atoms with Gasteiger partial charge < -0.3 is 89.4 Å². The van der Waals surface area contributed by atoms with Crippen LogP contribution in [0, 0.1) is 56.7 Å². The molecule has 3 aliphatic heterocycles. The number of aliphatic hydroxyl groups is 9. The average molecular weight is 971 g/mol. The molecular weight excluding hydrogens is 897 g/mol. The second-order valence-electron chi connectivity index (χ2n) is 23.1. The van der Waals surface area contributed by atoms with Crippen LogP contribution in [0.15, 0.2) is 11.6 Å². The summed E-state index contributed by atoms with van der Waals surface area (Å²) in [5.41, 5.74) is -1.83. The van der Waals surface area contributed by atoms with E-state index in [0.29, 0.717) is 38.5 Å². The predicted octanol–water partition coefficient (Wildman–Crippen LogP) is -0.168. The summed E-state index contributed by atoms with van der Waals surface area (Å²) in [5.74, 6) is -4.35. The Kier molecular flexibility index (Phi) is 14.1. The standard InChI is InChI=1S/C48H74O20/c1-19-14-25(21(17-49)22-10-11-45(5)27(47(19,22)7)9-8-23-24-15-44(3,4)12-13-48(24,43(61)62)28(51)16-46(23,45)6)64-42-38(68-41-34(57)32(55)30(53)26(18-50)65-41)36(35(58)37(67-42)39(59)60)66-40-33(56)31(54)29(52)20(2)63-40/h8,17,19-22,24-38,40-42,50-58H,9-16,18H2,1-7H3,(H,59,60)(H,61,62)/t19?,20-,21+,22-,24?,25-,26?,27?,28?,29-,30-,31?,32-,33?,34?,35-,36-,37?,38?,40-,41-,42+,45-,46+,47?,48+/m0/s1. The van der Waals surface area contributed by atoms with Crippen LogP contribution in [0.4, 0.5) is 0 Å². The Morgan fingerprint density at radius 1 is 0.750 bits per heavy atom. The first kappa shape index (κ1) is 52.1. The highest BCUT2D eigenvalue weighted by Gasteiger charge is 2.72. The van der Waals surface area contributed by atoms with E-state index in [1.807, 2.05) is 0 Å². The maximum Gasteiger partial charge on any atom is 0.335 e. The van der Waals surface area contributed by atoms with Crippen molar-refractivity contribution in [1.82, 2.24) is 0 Å². The third-order valence-electron chi connectivity index (χ3n) is 19.3. The van der Waals surface area contributed by atoms with E-state index in [2.05, 4.69) is 47.6 Å². The normalized spacial score (nSPS) is 54.5. The lowest BCUT2D eigenvalue weighted by Crippen LogP contribution is -2.69. The zero-order valence-corrected chi connectivity index (χ0v) is 39.8. The summed E-state index contributed by atoms with van der Waals surface area (Å²) in [6, 6.07) is 0. The lowest BCUT2D eigenvalue weighted by Gasteiger charge is -2.71. The van der Waals surface area contributed by atoms with Crippen molar-refractivity contribution in [3.8, 4) is 0 Å². The molecule has 0 aromatic carbocycles. The van der Waals surface area contributed by atoms with Crippen molar-refractivity contribution < 1.29 is 99.0 Å². The number of hydrogen-bond donors (Lipinski definition) is 11. The van der Waals surface area contributed by atoms with Crippen LogP contribution in [-0.2, 0) is 42.8 Å². The van der Waals surface area contributed by atoms with Gasteiger partial charge >= 0.3 is 11.9 Å². The van der Waals surface area contributed by atoms with Gasteiger partial charge in [0.25, 0.3) is 0 Å². The Bertz CT molecular complexity index is 1930. The number of aliphatic hydroxyl groups excluding tert-OH is 9. The van der Waals surface area contributed by atoms with Crippen LogP contribution in [0.25, 0.3) is 0 Å². The molecule has 7 fully saturated rings. The summed E-state index contributed by atoms with van der Waals surface area (Å²) in [7, 11) is 0. The monoisotopic (exact) mass is 970 g/mol. The summed E-state index contributed by atoms with van der Waals surface area (Å²) >= 11 is 0. The van der Waals surface area contributed by atoms with Crippen molar-refractivity contribution in [3.63, 3.8) is 0 Å². The number of ether oxygens (including phenoxy) is 6. The van der Waals surface area contributed by atoms with E-state index in [9.17, 15) is 70.6 Å². The van der Waals surface area contributed by atoms with Crippen molar-refractivity contribution in [2.75, 3.05) is 6.61 Å². The van der Waals surface area contributed by atoms with Gasteiger partial charge in [-0.1, -0.05) is 53.2 Å². The van der Waals surface area contributed by atoms with Gasteiger partial charge in [0.2, 0.25) is 0 Å². The number of carbonyl (C=O) groups excluding carboxylic acids is 1. The zero-order valence-electron chi connectivity index (χ0n) is 39.8. The molecule has 8 rings (SSSR count). The van der Waals surface area contributed by atoms with Gasteiger partial charge in [-0.05, 0) is 104 Å². The first-order valence-electron chi connectivity index (χ1n) is 24.3. The van der Waals surface area contributed by atoms with E-state index < -0.39 is 150 Å². The average Bonchev–Trinajstić information content (AvgIpc) is 3.27. The van der Waals surface area contributed by atoms with Crippen molar-refractivity contribution >= 4 is 18.2 Å². The number of fused-ring (bicyclic) bond motifs is 7. The fourth-order valence-corrected chi connectivity index (χ4v) is 14.9. The van der Waals surface area contributed by atoms with Gasteiger partial charge in [-0.2, -0.15) is 0 Å². The van der Waals surface area contributed by atoms with Gasteiger partial charge in [-0.25, -0.2) is 4.79 Å². The molecule has 5 aliphatic carbocycles. The third-order valence-corrected chi connectivity index (χ3v) is 19.3. The molecule has 0 aromatic heterocycles. The fourth-order valence-electron chi connectivity index (χ4n) is 14.9. The van der Waals surface area contributed by atoms with Crippen molar-refractivity contribution in [1.29, 1.82) is 0 Å². The SMILES string of the molecule is CC1C[C@H](O[C@@H]2OC(C(=O)O)[C@@H](O)[C@H](O[C@@H]3O[C@@H](C)[C@H](O)C(O)C3O)C2O[C@@H]2OC(CO)[C@H](O)[C@H](O)C2O)[C@H](C=O)[C@@H]2CC[C@@]3(C)C(CC=C4C5CC(C)(C)CC[C@]5(C(=O)O)C(O)C[C@]43C)C12C. The Morgan fingerprint density at radius 3 is 2.00 bits per heavy atom. The number of carboxylic acids is 2. The van der Waals surface area contributed by atoms with Crippen LogP contribution >= 0.6 is 0 Å². The molecule has 20 heteroatoms. The van der Waals surface area contributed by atoms with Crippen LogP contribution in [0.3, 0.4) is 0 Å². The summed E-state index contributed by atoms with van der Waals surface area (Å²) in [5, 5.41) is 119. The molecule has 0 bridgehead atoms. The number of rotatable bonds is 10. The third kappa shape index (κ3) is 7.86. The zero-order chi connectivity index (χ0) is 50.0. The van der Waals surface area contributed by atoms with Gasteiger partial charge in [-0.15, -0.1) is 0 Å². The molecule has 4 saturated carbocycles. The van der Waals surface area contributed by atoms with E-state index in [0.717, 1.165) is 11.9 Å². The molecule has 20 nitrogen and oxygen atoms in total. The van der Waals surface area contributed by atoms with Gasteiger partial charge in [-0.3, -0.25) is 4.79 Å². The Balaban J connectivity index is 1.13. The Hall–Kier alpha value is -2.25. The van der Waals surface area contributed by atoms with E-state index in [4.69, 9.17) is 28.4 Å². The van der Waals surface area contributed by atoms with Crippen molar-refractivity contribution in [2.24, 2.45) is 56.7 Å². The predicted molar refractivity (Wildman–Crippen MR) is 231 cm³/mol. The molecule has 386 valence electrons. The highest BCUT2D eigenvalue weighted by Crippen LogP contribution is 2.75. The number of hydrogen-bond acceptors (Lipinski definition) is 18. The number of aldehydes is 1. The second-order valence-corrected chi connectivity index (χ2v) is 23.1. The molecule has 0 amide bonds. The van der Waals surface area contributed by atoms with E-state index in [1.165, 1.54) is 6.92 Å². The van der Waals surface area contributed by atoms with Crippen LogP contribution in [0.2, 0.25) is 0 Å². The molecule has 26 atom stereocenters. The fraction of sp³-hybridized carbons (Fsp3) is 0.896. The molecule has 11 unspecified atom stereocenters. The van der Waals surface area contributed by atoms with Gasteiger partial charge in [0, 0.05) is 5.92 Å². The molecule has 3 saturated heterocycles. The molecule has 8 aliphatic rings. The molecule has 68 heavy (non-hydrogen) atoms. The summed E-state index contributed by atoms with van der Waals surface area (Å²) < 4.78 is 36.2. The highest BCUT2D eigenvalue weighted by molar-refractivity contribution is 5.77. The van der Waals surface area contributed by atoms with E-state index in [-0.39, 0.29) is 41.9 Å². The minimum absolute atomic E-state index is 0.0299. The largest absolute Gasteiger partial charge is 0.481 e. The molecule has 0 radical (unpaired) electrons. The quantitative estimate of drug-likeness (QED) is 0.0769. The van der Waals surface area contributed by atoms with Gasteiger partial charge in [0.1, 0.15) is 72.7 Å². The number of aliphatic carboxylic acids is 2.